The van der Waals surface area contributed by atoms with Crippen LogP contribution in [0.4, 0.5) is 5.13 Å². The van der Waals surface area contributed by atoms with Gasteiger partial charge in [0.15, 0.2) is 10.4 Å². The number of hydrogen-bond acceptors (Lipinski definition) is 9. The first-order chi connectivity index (χ1) is 12.6. The fourth-order valence-electron chi connectivity index (χ4n) is 2.57. The summed E-state index contributed by atoms with van der Waals surface area (Å²) in [5, 5.41) is 15.0. The van der Waals surface area contributed by atoms with E-state index in [9.17, 15) is 9.59 Å². The molecule has 1 aliphatic rings. The minimum atomic E-state index is -0.835. The van der Waals surface area contributed by atoms with Gasteiger partial charge < -0.3 is 20.1 Å². The third-order valence-electron chi connectivity index (χ3n) is 3.94. The summed E-state index contributed by atoms with van der Waals surface area (Å²) >= 11 is 2.70. The third-order valence-corrected chi connectivity index (χ3v) is 5.90. The lowest BCUT2D eigenvalue weighted by Gasteiger charge is -2.21. The monoisotopic (exact) mass is 402 g/mol. The number of hydrogen-bond donors (Lipinski definition) is 2. The first kappa shape index (κ1) is 20.9. The van der Waals surface area contributed by atoms with Crippen LogP contribution in [0.25, 0.3) is 0 Å². The summed E-state index contributed by atoms with van der Waals surface area (Å²) in [5.74, 6) is -0.704. The number of esters is 1. The average Bonchev–Trinajstić information content (AvgIpc) is 3.08. The van der Waals surface area contributed by atoms with Crippen LogP contribution in [0.2, 0.25) is 0 Å². The Morgan fingerprint density at radius 3 is 2.81 bits per heavy atom. The van der Waals surface area contributed by atoms with Crippen molar-refractivity contribution in [3.8, 4) is 0 Å². The van der Waals surface area contributed by atoms with E-state index in [1.54, 1.807) is 14.0 Å². The van der Waals surface area contributed by atoms with Crippen molar-refractivity contribution in [3.05, 3.63) is 0 Å². The van der Waals surface area contributed by atoms with E-state index in [-0.39, 0.29) is 11.7 Å². The van der Waals surface area contributed by atoms with Gasteiger partial charge in [-0.3, -0.25) is 9.59 Å². The molecule has 0 saturated heterocycles. The molecular formula is C16H26N4O4S2. The van der Waals surface area contributed by atoms with Gasteiger partial charge >= 0.3 is 5.97 Å². The Bertz CT molecular complexity index is 578. The first-order valence-electron chi connectivity index (χ1n) is 8.77. The number of nitrogens with one attached hydrogen (secondary N) is 2. The molecule has 1 aliphatic carbocycles. The molecule has 1 amide bonds. The van der Waals surface area contributed by atoms with Crippen molar-refractivity contribution in [2.24, 2.45) is 0 Å². The summed E-state index contributed by atoms with van der Waals surface area (Å²) in [4.78, 5) is 23.6. The second kappa shape index (κ2) is 11.3. The van der Waals surface area contributed by atoms with E-state index in [4.69, 9.17) is 9.47 Å². The standard InChI is InChI=1S/C16H26N4O4S2/c1-11(14(22)17-8-9-23-2)24-13(21)10-25-16-20-19-15(26-16)18-12-6-4-3-5-7-12/h11-12H,3-10H2,1-2H3,(H,17,22)(H,18,19)/t11-/m0/s1. The highest BCUT2D eigenvalue weighted by atomic mass is 32.2. The Morgan fingerprint density at radius 2 is 2.08 bits per heavy atom. The summed E-state index contributed by atoms with van der Waals surface area (Å²) in [5.41, 5.74) is 0. The van der Waals surface area contributed by atoms with Crippen LogP contribution in [0.15, 0.2) is 4.34 Å². The molecule has 1 fully saturated rings. The SMILES string of the molecule is COCCNC(=O)[C@H](C)OC(=O)CSc1nnc(NC2CCCCC2)s1. The molecule has 26 heavy (non-hydrogen) atoms. The zero-order valence-electron chi connectivity index (χ0n) is 15.2. The van der Waals surface area contributed by atoms with Crippen LogP contribution in [0.1, 0.15) is 39.0 Å². The topological polar surface area (TPSA) is 102 Å². The summed E-state index contributed by atoms with van der Waals surface area (Å²) < 4.78 is 10.7. The Labute approximate surface area is 161 Å². The quantitative estimate of drug-likeness (QED) is 0.348. The van der Waals surface area contributed by atoms with Crippen LogP contribution in [0.5, 0.6) is 0 Å². The van der Waals surface area contributed by atoms with E-state index in [1.165, 1.54) is 55.2 Å². The fraction of sp³-hybridized carbons (Fsp3) is 0.750. The number of thioether (sulfide) groups is 1. The van der Waals surface area contributed by atoms with Gasteiger partial charge in [0.1, 0.15) is 0 Å². The van der Waals surface area contributed by atoms with Crippen molar-refractivity contribution in [2.75, 3.05) is 31.3 Å². The molecule has 146 valence electrons. The number of carbonyl (C=O) groups excluding carboxylic acids is 2. The Kier molecular flexibility index (Phi) is 9.13. The van der Waals surface area contributed by atoms with Crippen LogP contribution < -0.4 is 10.6 Å². The van der Waals surface area contributed by atoms with Crippen LogP contribution in [-0.2, 0) is 19.1 Å². The van der Waals surface area contributed by atoms with E-state index in [2.05, 4.69) is 20.8 Å². The van der Waals surface area contributed by atoms with Crippen molar-refractivity contribution < 1.29 is 19.1 Å². The summed E-state index contributed by atoms with van der Waals surface area (Å²) in [7, 11) is 1.55. The zero-order chi connectivity index (χ0) is 18.8. The molecule has 1 heterocycles. The highest BCUT2D eigenvalue weighted by Gasteiger charge is 2.19. The summed E-state index contributed by atoms with van der Waals surface area (Å²) in [6.45, 7) is 2.34. The van der Waals surface area contributed by atoms with Gasteiger partial charge in [-0.1, -0.05) is 42.4 Å². The predicted molar refractivity (Wildman–Crippen MR) is 102 cm³/mol. The molecule has 1 aromatic rings. The molecule has 0 unspecified atom stereocenters. The number of nitrogens with zero attached hydrogens (tertiary/aromatic N) is 2. The molecule has 0 aliphatic heterocycles. The Balaban J connectivity index is 1.67. The zero-order valence-corrected chi connectivity index (χ0v) is 16.8. The largest absolute Gasteiger partial charge is 0.452 e. The van der Waals surface area contributed by atoms with Crippen molar-refractivity contribution in [3.63, 3.8) is 0 Å². The van der Waals surface area contributed by atoms with Crippen molar-refractivity contribution in [2.45, 2.75) is 55.5 Å². The van der Waals surface area contributed by atoms with Gasteiger partial charge in [0.05, 0.1) is 12.4 Å². The molecule has 2 rings (SSSR count). The minimum absolute atomic E-state index is 0.0910. The second-order valence-electron chi connectivity index (χ2n) is 6.06. The normalized spacial score (nSPS) is 16.1. The second-order valence-corrected chi connectivity index (χ2v) is 8.26. The smallest absolute Gasteiger partial charge is 0.317 e. The minimum Gasteiger partial charge on any atom is -0.452 e. The average molecular weight is 403 g/mol. The Hall–Kier alpha value is -1.39. The molecule has 1 saturated carbocycles. The number of amides is 1. The first-order valence-corrected chi connectivity index (χ1v) is 10.6. The summed E-state index contributed by atoms with van der Waals surface area (Å²) in [6.07, 6.45) is 5.30. The lowest BCUT2D eigenvalue weighted by molar-refractivity contribution is -0.152. The molecule has 0 radical (unpaired) electrons. The van der Waals surface area contributed by atoms with Crippen LogP contribution >= 0.6 is 23.1 Å². The maximum atomic E-state index is 11.9. The van der Waals surface area contributed by atoms with Gasteiger partial charge in [0.25, 0.3) is 5.91 Å². The predicted octanol–water partition coefficient (Wildman–Crippen LogP) is 2.07. The van der Waals surface area contributed by atoms with Gasteiger partial charge in [-0.2, -0.15) is 0 Å². The van der Waals surface area contributed by atoms with Crippen molar-refractivity contribution in [1.29, 1.82) is 0 Å². The molecule has 0 aromatic carbocycles. The number of ether oxygens (including phenoxy) is 2. The fourth-order valence-corrected chi connectivity index (χ4v) is 4.18. The lowest BCUT2D eigenvalue weighted by atomic mass is 9.96. The molecule has 10 heteroatoms. The van der Waals surface area contributed by atoms with Crippen molar-refractivity contribution in [1.82, 2.24) is 15.5 Å². The number of carbonyl (C=O) groups is 2. The molecule has 8 nitrogen and oxygen atoms in total. The third kappa shape index (κ3) is 7.46. The highest BCUT2D eigenvalue weighted by Crippen LogP contribution is 2.28. The van der Waals surface area contributed by atoms with Crippen molar-refractivity contribution >= 4 is 40.1 Å². The van der Waals surface area contributed by atoms with E-state index in [1.807, 2.05) is 0 Å². The van der Waals surface area contributed by atoms with Crippen LogP contribution in [-0.4, -0.2) is 60.2 Å². The van der Waals surface area contributed by atoms with E-state index >= 15 is 0 Å². The number of rotatable bonds is 10. The molecular weight excluding hydrogens is 376 g/mol. The lowest BCUT2D eigenvalue weighted by Crippen LogP contribution is -2.37. The van der Waals surface area contributed by atoms with Gasteiger partial charge in [0.2, 0.25) is 5.13 Å². The maximum Gasteiger partial charge on any atom is 0.317 e. The number of methoxy groups -OCH3 is 1. The maximum absolute atomic E-state index is 11.9. The number of anilines is 1. The van der Waals surface area contributed by atoms with Gasteiger partial charge in [-0.15, -0.1) is 10.2 Å². The molecule has 0 spiro atoms. The van der Waals surface area contributed by atoms with Crippen LogP contribution in [0.3, 0.4) is 0 Å². The van der Waals surface area contributed by atoms with Gasteiger partial charge in [0, 0.05) is 19.7 Å². The van der Waals surface area contributed by atoms with E-state index in [0.29, 0.717) is 23.5 Å². The van der Waals surface area contributed by atoms with E-state index < -0.39 is 12.1 Å². The van der Waals surface area contributed by atoms with Gasteiger partial charge in [-0.25, -0.2) is 0 Å². The molecule has 0 bridgehead atoms. The van der Waals surface area contributed by atoms with E-state index in [0.717, 1.165) is 5.13 Å². The molecule has 2 N–H and O–H groups in total. The molecule has 1 aromatic heterocycles. The molecule has 1 atom stereocenters. The number of aromatic nitrogens is 2. The summed E-state index contributed by atoms with van der Waals surface area (Å²) in [6, 6.07) is 0.469. The Morgan fingerprint density at radius 1 is 1.31 bits per heavy atom. The van der Waals surface area contributed by atoms with Gasteiger partial charge in [-0.05, 0) is 19.8 Å². The highest BCUT2D eigenvalue weighted by molar-refractivity contribution is 8.01. The van der Waals surface area contributed by atoms with Crippen LogP contribution in [0, 0.1) is 0 Å².